The van der Waals surface area contributed by atoms with Crippen molar-refractivity contribution in [2.24, 2.45) is 0 Å². The van der Waals surface area contributed by atoms with Crippen molar-refractivity contribution in [3.8, 4) is 5.75 Å². The summed E-state index contributed by atoms with van der Waals surface area (Å²) >= 11 is 0. The van der Waals surface area contributed by atoms with Gasteiger partial charge in [-0.3, -0.25) is 9.59 Å². The van der Waals surface area contributed by atoms with E-state index in [1.54, 1.807) is 0 Å². The van der Waals surface area contributed by atoms with E-state index in [4.69, 9.17) is 4.74 Å². The normalized spacial score (nSPS) is 22.1. The fourth-order valence-corrected chi connectivity index (χ4v) is 5.42. The first-order valence-electron chi connectivity index (χ1n) is 11.5. The van der Waals surface area contributed by atoms with Crippen LogP contribution in [-0.2, 0) is 4.79 Å². The molecule has 2 aromatic carbocycles. The molecule has 0 saturated carbocycles. The Morgan fingerprint density at radius 1 is 0.871 bits per heavy atom. The van der Waals surface area contributed by atoms with E-state index in [0.29, 0.717) is 19.5 Å². The Morgan fingerprint density at radius 2 is 1.55 bits per heavy atom. The van der Waals surface area contributed by atoms with Gasteiger partial charge in [0.1, 0.15) is 11.4 Å². The Hall–Kier alpha value is -2.82. The average molecular weight is 419 g/mol. The second kappa shape index (κ2) is 8.37. The second-order valence-corrected chi connectivity index (χ2v) is 9.17. The summed E-state index contributed by atoms with van der Waals surface area (Å²) < 4.78 is 6.57. The molecule has 0 radical (unpaired) electrons. The molecule has 1 atom stereocenters. The minimum absolute atomic E-state index is 0.0902. The molecular weight excluding hydrogens is 388 g/mol. The molecule has 0 N–H and O–H groups in total. The topological polar surface area (TPSA) is 49.9 Å². The average Bonchev–Trinajstić information content (AvgIpc) is 3.35. The van der Waals surface area contributed by atoms with E-state index in [1.165, 1.54) is 0 Å². The van der Waals surface area contributed by atoms with E-state index < -0.39 is 0 Å². The smallest absolute Gasteiger partial charge is 0.253 e. The number of nitrogens with zero attached hydrogens (tertiary/aromatic N) is 2. The lowest BCUT2D eigenvalue weighted by atomic mass is 9.76. The van der Waals surface area contributed by atoms with Crippen LogP contribution in [0.2, 0.25) is 0 Å². The quantitative estimate of drug-likeness (QED) is 0.749. The van der Waals surface area contributed by atoms with Crippen molar-refractivity contribution in [3.63, 3.8) is 0 Å². The van der Waals surface area contributed by atoms with Gasteiger partial charge < -0.3 is 14.5 Å². The van der Waals surface area contributed by atoms with E-state index in [9.17, 15) is 9.59 Å². The molecule has 3 heterocycles. The van der Waals surface area contributed by atoms with Crippen LogP contribution in [0.15, 0.2) is 54.6 Å². The van der Waals surface area contributed by atoms with Crippen LogP contribution in [0.4, 0.5) is 0 Å². The highest BCUT2D eigenvalue weighted by Gasteiger charge is 2.44. The van der Waals surface area contributed by atoms with Crippen molar-refractivity contribution in [2.75, 3.05) is 26.2 Å². The van der Waals surface area contributed by atoms with Crippen molar-refractivity contribution in [3.05, 3.63) is 65.7 Å². The zero-order valence-corrected chi connectivity index (χ0v) is 18.0. The lowest BCUT2D eigenvalue weighted by molar-refractivity contribution is -0.131. The van der Waals surface area contributed by atoms with Gasteiger partial charge in [-0.2, -0.15) is 0 Å². The lowest BCUT2D eigenvalue weighted by Crippen LogP contribution is -2.52. The Labute approximate surface area is 184 Å². The largest absolute Gasteiger partial charge is 0.487 e. The molecule has 3 aliphatic rings. The number of carbonyl (C=O) groups is 2. The number of ether oxygens (including phenoxy) is 1. The fourth-order valence-electron chi connectivity index (χ4n) is 5.42. The summed E-state index contributed by atoms with van der Waals surface area (Å²) in [6.45, 7) is 3.15. The molecule has 2 saturated heterocycles. The molecule has 5 heteroatoms. The Morgan fingerprint density at radius 3 is 2.29 bits per heavy atom. The van der Waals surface area contributed by atoms with Gasteiger partial charge in [-0.1, -0.05) is 36.4 Å². The molecule has 5 nitrogen and oxygen atoms in total. The Bertz CT molecular complexity index is 944. The molecule has 2 aromatic rings. The summed E-state index contributed by atoms with van der Waals surface area (Å²) in [5.41, 5.74) is 1.60. The van der Waals surface area contributed by atoms with Gasteiger partial charge in [-0.25, -0.2) is 0 Å². The number of hydrogen-bond donors (Lipinski definition) is 0. The highest BCUT2D eigenvalue weighted by atomic mass is 16.5. The summed E-state index contributed by atoms with van der Waals surface area (Å²) in [5.74, 6) is 1.45. The first kappa shape index (κ1) is 20.1. The predicted octanol–water partition coefficient (Wildman–Crippen LogP) is 4.24. The first-order valence-corrected chi connectivity index (χ1v) is 11.5. The van der Waals surface area contributed by atoms with Crippen molar-refractivity contribution in [1.82, 2.24) is 9.80 Å². The third-order valence-electron chi connectivity index (χ3n) is 7.17. The van der Waals surface area contributed by atoms with Crippen LogP contribution in [0.5, 0.6) is 5.75 Å². The Kier molecular flexibility index (Phi) is 5.43. The SMILES string of the molecule is O=C(CC1CC2(CCN(C(=O)c3ccccc3)CC2)Oc2ccccc21)N1CCCC1. The van der Waals surface area contributed by atoms with E-state index in [1.807, 2.05) is 58.3 Å². The van der Waals surface area contributed by atoms with Gasteiger partial charge in [0, 0.05) is 56.9 Å². The van der Waals surface area contributed by atoms with Gasteiger partial charge in [0.15, 0.2) is 0 Å². The van der Waals surface area contributed by atoms with Crippen molar-refractivity contribution in [2.45, 2.75) is 50.0 Å². The zero-order chi connectivity index (χ0) is 21.3. The molecule has 162 valence electrons. The lowest BCUT2D eigenvalue weighted by Gasteiger charge is -2.47. The first-order chi connectivity index (χ1) is 15.1. The molecule has 0 bridgehead atoms. The summed E-state index contributed by atoms with van der Waals surface area (Å²) in [6.07, 6.45) is 5.23. The number of fused-ring (bicyclic) bond motifs is 1. The van der Waals surface area contributed by atoms with Crippen molar-refractivity contribution >= 4 is 11.8 Å². The number of amides is 2. The van der Waals surface area contributed by atoms with Gasteiger partial charge in [0.25, 0.3) is 5.91 Å². The maximum atomic E-state index is 12.9. The summed E-state index contributed by atoms with van der Waals surface area (Å²) in [5, 5.41) is 0. The molecule has 3 aliphatic heterocycles. The molecule has 2 fully saturated rings. The van der Waals surface area contributed by atoms with Crippen molar-refractivity contribution in [1.29, 1.82) is 0 Å². The number of rotatable bonds is 3. The predicted molar refractivity (Wildman–Crippen MR) is 119 cm³/mol. The monoisotopic (exact) mass is 418 g/mol. The number of para-hydroxylation sites is 1. The molecule has 31 heavy (non-hydrogen) atoms. The van der Waals surface area contributed by atoms with E-state index >= 15 is 0 Å². The third-order valence-corrected chi connectivity index (χ3v) is 7.17. The molecule has 0 aliphatic carbocycles. The highest BCUT2D eigenvalue weighted by molar-refractivity contribution is 5.94. The van der Waals surface area contributed by atoms with Crippen LogP contribution in [0.1, 0.15) is 60.4 Å². The number of benzene rings is 2. The van der Waals surface area contributed by atoms with E-state index in [-0.39, 0.29) is 23.3 Å². The summed E-state index contributed by atoms with van der Waals surface area (Å²) in [4.78, 5) is 29.7. The van der Waals surface area contributed by atoms with Crippen LogP contribution in [0.25, 0.3) is 0 Å². The Balaban J connectivity index is 1.31. The van der Waals surface area contributed by atoms with Crippen molar-refractivity contribution < 1.29 is 14.3 Å². The highest BCUT2D eigenvalue weighted by Crippen LogP contribution is 2.46. The number of piperidine rings is 1. The minimum Gasteiger partial charge on any atom is -0.487 e. The van der Waals surface area contributed by atoms with Gasteiger partial charge in [0.2, 0.25) is 5.91 Å². The minimum atomic E-state index is -0.294. The molecule has 1 spiro atoms. The van der Waals surface area contributed by atoms with E-state index in [0.717, 1.165) is 62.1 Å². The molecular formula is C26H30N2O3. The summed E-state index contributed by atoms with van der Waals surface area (Å²) in [7, 11) is 0. The maximum Gasteiger partial charge on any atom is 0.253 e. The van der Waals surface area contributed by atoms with Crippen LogP contribution in [0, 0.1) is 0 Å². The number of hydrogen-bond acceptors (Lipinski definition) is 3. The van der Waals surface area contributed by atoms with Gasteiger partial charge in [-0.15, -0.1) is 0 Å². The number of carbonyl (C=O) groups excluding carboxylic acids is 2. The van der Waals surface area contributed by atoms with E-state index in [2.05, 4.69) is 6.07 Å². The second-order valence-electron chi connectivity index (χ2n) is 9.17. The zero-order valence-electron chi connectivity index (χ0n) is 18.0. The summed E-state index contributed by atoms with van der Waals surface area (Å²) in [6, 6.07) is 17.7. The number of likely N-dealkylation sites (tertiary alicyclic amines) is 2. The third kappa shape index (κ3) is 4.06. The van der Waals surface area contributed by atoms with Gasteiger partial charge in [-0.05, 0) is 43.0 Å². The van der Waals surface area contributed by atoms with Crippen LogP contribution >= 0.6 is 0 Å². The van der Waals surface area contributed by atoms with Crippen LogP contribution in [0.3, 0.4) is 0 Å². The standard InChI is InChI=1S/C26H30N2O3/c29-24(27-14-6-7-15-27)18-21-19-26(31-23-11-5-4-10-22(21)23)12-16-28(17-13-26)25(30)20-8-2-1-3-9-20/h1-5,8-11,21H,6-7,12-19H2. The van der Waals surface area contributed by atoms with Gasteiger partial charge >= 0.3 is 0 Å². The molecule has 1 unspecified atom stereocenters. The maximum absolute atomic E-state index is 12.9. The molecule has 5 rings (SSSR count). The fraction of sp³-hybridized carbons (Fsp3) is 0.462. The molecule has 0 aromatic heterocycles. The van der Waals surface area contributed by atoms with Crippen LogP contribution < -0.4 is 4.74 Å². The van der Waals surface area contributed by atoms with Crippen LogP contribution in [-0.4, -0.2) is 53.4 Å². The van der Waals surface area contributed by atoms with Gasteiger partial charge in [0.05, 0.1) is 0 Å². The molecule has 2 amide bonds.